The lowest BCUT2D eigenvalue weighted by Crippen LogP contribution is -2.37. The minimum atomic E-state index is -3.56. The lowest BCUT2D eigenvalue weighted by molar-refractivity contribution is -0.385. The number of hydrogen-bond donors (Lipinski definition) is 2. The smallest absolute Gasteiger partial charge is 0.270 e. The molecule has 0 atom stereocenters. The van der Waals surface area contributed by atoms with E-state index >= 15 is 0 Å². The van der Waals surface area contributed by atoms with Crippen molar-refractivity contribution in [2.24, 2.45) is 5.92 Å². The molecule has 0 unspecified atom stereocenters. The Bertz CT molecular complexity index is 684. The number of rotatable bonds is 7. The van der Waals surface area contributed by atoms with E-state index in [9.17, 15) is 18.5 Å². The van der Waals surface area contributed by atoms with Gasteiger partial charge in [-0.15, -0.1) is 0 Å². The molecule has 0 saturated carbocycles. The predicted molar refractivity (Wildman–Crippen MR) is 90.9 cm³/mol. The summed E-state index contributed by atoms with van der Waals surface area (Å²) in [6.07, 6.45) is 2.98. The van der Waals surface area contributed by atoms with Crippen LogP contribution < -0.4 is 5.32 Å². The molecule has 0 radical (unpaired) electrons. The van der Waals surface area contributed by atoms with Crippen molar-refractivity contribution in [3.05, 3.63) is 28.3 Å². The fourth-order valence-corrected chi connectivity index (χ4v) is 3.76. The van der Waals surface area contributed by atoms with E-state index in [0.29, 0.717) is 24.7 Å². The van der Waals surface area contributed by atoms with Crippen molar-refractivity contribution < 1.29 is 18.4 Å². The lowest BCUT2D eigenvalue weighted by Gasteiger charge is -2.31. The molecule has 8 nitrogen and oxygen atoms in total. The molecule has 1 aliphatic heterocycles. The molecule has 1 fully saturated rings. The van der Waals surface area contributed by atoms with Gasteiger partial charge < -0.3 is 15.3 Å². The SMILES string of the molecule is CS(=O)(=O)c1cc([N+](=O)[O-])ccc1NCC1CCN(CCO)CC1. The van der Waals surface area contributed by atoms with Crippen LogP contribution >= 0.6 is 0 Å². The first kappa shape index (κ1) is 18.6. The van der Waals surface area contributed by atoms with Gasteiger partial charge in [-0.1, -0.05) is 0 Å². The van der Waals surface area contributed by atoms with Gasteiger partial charge in [0, 0.05) is 31.5 Å². The van der Waals surface area contributed by atoms with Crippen LogP contribution in [0, 0.1) is 16.0 Å². The number of benzene rings is 1. The Morgan fingerprint density at radius 2 is 2.04 bits per heavy atom. The summed E-state index contributed by atoms with van der Waals surface area (Å²) in [5.41, 5.74) is 0.166. The molecule has 0 bridgehead atoms. The molecule has 1 aromatic rings. The Morgan fingerprint density at radius 1 is 1.38 bits per heavy atom. The van der Waals surface area contributed by atoms with E-state index in [1.54, 1.807) is 0 Å². The summed E-state index contributed by atoms with van der Waals surface area (Å²) in [6, 6.07) is 3.86. The van der Waals surface area contributed by atoms with E-state index in [0.717, 1.165) is 38.3 Å². The number of β-amino-alcohol motifs (C(OH)–C–C–N with tert-alkyl or cyclic N) is 1. The summed E-state index contributed by atoms with van der Waals surface area (Å²) in [4.78, 5) is 12.4. The van der Waals surface area contributed by atoms with Crippen molar-refractivity contribution in [3.8, 4) is 0 Å². The molecule has 2 N–H and O–H groups in total. The minimum Gasteiger partial charge on any atom is -0.395 e. The number of anilines is 1. The number of aliphatic hydroxyl groups is 1. The van der Waals surface area contributed by atoms with E-state index in [1.165, 1.54) is 12.1 Å². The molecular weight excluding hydrogens is 334 g/mol. The standard InChI is InChI=1S/C15H23N3O5S/c1-24(22,23)15-10-13(18(20)21)2-3-14(15)16-11-12-4-6-17(7-5-12)8-9-19/h2-3,10,12,16,19H,4-9,11H2,1H3. The highest BCUT2D eigenvalue weighted by Crippen LogP contribution is 2.27. The van der Waals surface area contributed by atoms with Gasteiger partial charge in [-0.05, 0) is 37.9 Å². The van der Waals surface area contributed by atoms with Crippen molar-refractivity contribution in [1.29, 1.82) is 0 Å². The number of nitrogens with zero attached hydrogens (tertiary/aromatic N) is 2. The monoisotopic (exact) mass is 357 g/mol. The first-order valence-corrected chi connectivity index (χ1v) is 9.76. The Kier molecular flexibility index (Phi) is 6.14. The van der Waals surface area contributed by atoms with Crippen LogP contribution in [-0.2, 0) is 9.84 Å². The first-order chi connectivity index (χ1) is 11.3. The van der Waals surface area contributed by atoms with E-state index in [2.05, 4.69) is 10.2 Å². The molecular formula is C15H23N3O5S. The van der Waals surface area contributed by atoms with E-state index in [-0.39, 0.29) is 17.2 Å². The molecule has 1 aromatic carbocycles. The van der Waals surface area contributed by atoms with Gasteiger partial charge in [-0.25, -0.2) is 8.42 Å². The minimum absolute atomic E-state index is 0.0468. The molecule has 2 rings (SSSR count). The van der Waals surface area contributed by atoms with Gasteiger partial charge in [0.05, 0.1) is 22.1 Å². The first-order valence-electron chi connectivity index (χ1n) is 7.87. The van der Waals surface area contributed by atoms with Crippen LogP contribution in [0.4, 0.5) is 11.4 Å². The van der Waals surface area contributed by atoms with E-state index in [1.807, 2.05) is 0 Å². The highest BCUT2D eigenvalue weighted by atomic mass is 32.2. The van der Waals surface area contributed by atoms with Crippen molar-refractivity contribution >= 4 is 21.2 Å². The van der Waals surface area contributed by atoms with Crippen molar-refractivity contribution in [1.82, 2.24) is 4.90 Å². The van der Waals surface area contributed by atoms with E-state index < -0.39 is 14.8 Å². The number of nitrogens with one attached hydrogen (secondary N) is 1. The van der Waals surface area contributed by atoms with Gasteiger partial charge in [-0.2, -0.15) is 0 Å². The van der Waals surface area contributed by atoms with Gasteiger partial charge >= 0.3 is 0 Å². The second-order valence-electron chi connectivity index (χ2n) is 6.10. The summed E-state index contributed by atoms with van der Waals surface area (Å²) in [5, 5.41) is 22.9. The largest absolute Gasteiger partial charge is 0.395 e. The van der Waals surface area contributed by atoms with Crippen LogP contribution in [0.5, 0.6) is 0 Å². The van der Waals surface area contributed by atoms with Gasteiger partial charge in [0.1, 0.15) is 0 Å². The van der Waals surface area contributed by atoms with Gasteiger partial charge in [0.15, 0.2) is 9.84 Å². The van der Waals surface area contributed by atoms with Crippen molar-refractivity contribution in [2.45, 2.75) is 17.7 Å². The predicted octanol–water partition coefficient (Wildman–Crippen LogP) is 1.11. The zero-order valence-electron chi connectivity index (χ0n) is 13.6. The summed E-state index contributed by atoms with van der Waals surface area (Å²) in [5.74, 6) is 0.405. The summed E-state index contributed by atoms with van der Waals surface area (Å²) >= 11 is 0. The van der Waals surface area contributed by atoms with Gasteiger partial charge in [-0.3, -0.25) is 10.1 Å². The summed E-state index contributed by atoms with van der Waals surface area (Å²) in [6.45, 7) is 3.27. The quantitative estimate of drug-likeness (QED) is 0.555. The summed E-state index contributed by atoms with van der Waals surface area (Å²) in [7, 11) is -3.56. The average molecular weight is 357 g/mol. The normalized spacial score (nSPS) is 16.9. The zero-order valence-corrected chi connectivity index (χ0v) is 14.5. The Hall–Kier alpha value is -1.71. The Balaban J connectivity index is 2.04. The van der Waals surface area contributed by atoms with Crippen LogP contribution in [0.15, 0.2) is 23.1 Å². The highest BCUT2D eigenvalue weighted by molar-refractivity contribution is 7.90. The average Bonchev–Trinajstić information content (AvgIpc) is 2.53. The van der Waals surface area contributed by atoms with Gasteiger partial charge in [0.25, 0.3) is 5.69 Å². The molecule has 24 heavy (non-hydrogen) atoms. The number of aliphatic hydroxyl groups excluding tert-OH is 1. The highest BCUT2D eigenvalue weighted by Gasteiger charge is 2.21. The van der Waals surface area contributed by atoms with Crippen LogP contribution in [0.2, 0.25) is 0 Å². The van der Waals surface area contributed by atoms with Crippen LogP contribution in [0.1, 0.15) is 12.8 Å². The molecule has 0 aromatic heterocycles. The zero-order chi connectivity index (χ0) is 17.7. The third-order valence-corrected chi connectivity index (χ3v) is 5.42. The number of piperidine rings is 1. The molecule has 0 aliphatic carbocycles. The Morgan fingerprint density at radius 3 is 2.58 bits per heavy atom. The maximum Gasteiger partial charge on any atom is 0.270 e. The second-order valence-corrected chi connectivity index (χ2v) is 8.08. The van der Waals surface area contributed by atoms with Crippen LogP contribution in [0.25, 0.3) is 0 Å². The number of nitro benzene ring substituents is 1. The van der Waals surface area contributed by atoms with Crippen molar-refractivity contribution in [3.63, 3.8) is 0 Å². The Labute approximate surface area is 141 Å². The fraction of sp³-hybridized carbons (Fsp3) is 0.600. The van der Waals surface area contributed by atoms with Crippen LogP contribution in [0.3, 0.4) is 0 Å². The number of non-ortho nitro benzene ring substituents is 1. The summed E-state index contributed by atoms with van der Waals surface area (Å²) < 4.78 is 23.8. The number of sulfone groups is 1. The van der Waals surface area contributed by atoms with E-state index in [4.69, 9.17) is 5.11 Å². The second kappa shape index (κ2) is 7.91. The van der Waals surface area contributed by atoms with Gasteiger partial charge in [0.2, 0.25) is 0 Å². The molecule has 9 heteroatoms. The molecule has 0 amide bonds. The fourth-order valence-electron chi connectivity index (χ4n) is 2.89. The maximum absolute atomic E-state index is 11.9. The number of nitro groups is 1. The van der Waals surface area contributed by atoms with Crippen molar-refractivity contribution in [2.75, 3.05) is 44.4 Å². The number of likely N-dealkylation sites (tertiary alicyclic amines) is 1. The molecule has 0 spiro atoms. The molecule has 1 aliphatic rings. The number of hydrogen-bond acceptors (Lipinski definition) is 7. The molecule has 1 saturated heterocycles. The topological polar surface area (TPSA) is 113 Å². The van der Waals surface area contributed by atoms with Crippen LogP contribution in [-0.4, -0.2) is 62.4 Å². The lowest BCUT2D eigenvalue weighted by atomic mass is 9.96. The third-order valence-electron chi connectivity index (χ3n) is 4.28. The molecule has 1 heterocycles. The third kappa shape index (κ3) is 4.89. The maximum atomic E-state index is 11.9. The molecule has 134 valence electrons.